The summed E-state index contributed by atoms with van der Waals surface area (Å²) in [5.41, 5.74) is 3.37. The Labute approximate surface area is 189 Å². The van der Waals surface area contributed by atoms with Crippen LogP contribution in [0.15, 0.2) is 78.9 Å². The van der Waals surface area contributed by atoms with Gasteiger partial charge in [0.05, 0.1) is 27.5 Å². The number of para-hydroxylation sites is 1. The summed E-state index contributed by atoms with van der Waals surface area (Å²) < 4.78 is 27.9. The van der Waals surface area contributed by atoms with E-state index in [-0.39, 0.29) is 11.6 Å². The summed E-state index contributed by atoms with van der Waals surface area (Å²) in [6.07, 6.45) is 0. The van der Waals surface area contributed by atoms with Crippen LogP contribution in [0.3, 0.4) is 0 Å². The highest BCUT2D eigenvalue weighted by Gasteiger charge is 2.18. The molecule has 2 heterocycles. The van der Waals surface area contributed by atoms with E-state index in [0.29, 0.717) is 44.0 Å². The summed E-state index contributed by atoms with van der Waals surface area (Å²) in [7, 11) is -3.62. The molecule has 6 nitrogen and oxygen atoms in total. The van der Waals surface area contributed by atoms with Crippen LogP contribution in [0.4, 0.5) is 5.69 Å². The van der Waals surface area contributed by atoms with Gasteiger partial charge in [0.2, 0.25) is 10.0 Å². The lowest BCUT2D eigenvalue weighted by molar-refractivity contribution is 0.460. The summed E-state index contributed by atoms with van der Waals surface area (Å²) in [6.45, 7) is 0. The Hall–Kier alpha value is -3.55. The first-order valence-corrected chi connectivity index (χ1v) is 11.9. The monoisotopic (exact) mass is 463 g/mol. The number of anilines is 1. The van der Waals surface area contributed by atoms with Gasteiger partial charge in [-0.05, 0) is 35.9 Å². The van der Waals surface area contributed by atoms with Gasteiger partial charge >= 0.3 is 0 Å². The van der Waals surface area contributed by atoms with Crippen LogP contribution in [0.5, 0.6) is 5.88 Å². The van der Waals surface area contributed by atoms with Gasteiger partial charge in [0.15, 0.2) is 5.88 Å². The number of pyridine rings is 1. The highest BCUT2D eigenvalue weighted by atomic mass is 35.5. The lowest BCUT2D eigenvalue weighted by atomic mass is 10.1. The molecule has 0 aliphatic heterocycles. The number of fused-ring (bicyclic) bond motifs is 2. The van der Waals surface area contributed by atoms with Gasteiger partial charge in [-0.15, -0.1) is 0 Å². The largest absolute Gasteiger partial charge is 0.494 e. The van der Waals surface area contributed by atoms with Crippen molar-refractivity contribution in [3.05, 3.63) is 89.4 Å². The van der Waals surface area contributed by atoms with E-state index in [1.807, 2.05) is 30.3 Å². The molecule has 0 bridgehead atoms. The fourth-order valence-electron chi connectivity index (χ4n) is 3.77. The minimum Gasteiger partial charge on any atom is -0.494 e. The number of halogens is 1. The topological polar surface area (TPSA) is 95.1 Å². The summed E-state index contributed by atoms with van der Waals surface area (Å²) >= 11 is 6.45. The van der Waals surface area contributed by atoms with Crippen molar-refractivity contribution < 1.29 is 13.5 Å². The number of rotatable bonds is 5. The Morgan fingerprint density at radius 3 is 2.50 bits per heavy atom. The molecule has 0 saturated carbocycles. The number of aromatic amines is 1. The number of hydrogen-bond acceptors (Lipinski definition) is 4. The van der Waals surface area contributed by atoms with Crippen LogP contribution in [0, 0.1) is 0 Å². The van der Waals surface area contributed by atoms with E-state index < -0.39 is 10.0 Å². The molecule has 5 rings (SSSR count). The molecule has 160 valence electrons. The molecule has 0 saturated heterocycles. The molecular formula is C24H18ClN3O3S. The predicted molar refractivity (Wildman–Crippen MR) is 128 cm³/mol. The number of sulfonamides is 1. The van der Waals surface area contributed by atoms with E-state index in [1.54, 1.807) is 48.5 Å². The third kappa shape index (κ3) is 3.88. The lowest BCUT2D eigenvalue weighted by Gasteiger charge is -2.09. The first-order chi connectivity index (χ1) is 15.4. The third-order valence-electron chi connectivity index (χ3n) is 5.17. The number of H-pyrrole nitrogens is 1. The fourth-order valence-corrected chi connectivity index (χ4v) is 5.22. The molecule has 0 unspecified atom stereocenters. The van der Waals surface area contributed by atoms with Gasteiger partial charge in [-0.2, -0.15) is 0 Å². The maximum Gasteiger partial charge on any atom is 0.236 e. The second kappa shape index (κ2) is 7.85. The second-order valence-electron chi connectivity index (χ2n) is 7.46. The molecule has 0 radical (unpaired) electrons. The van der Waals surface area contributed by atoms with E-state index in [9.17, 15) is 13.5 Å². The average Bonchev–Trinajstić information content (AvgIpc) is 3.09. The Bertz CT molecular complexity index is 1560. The first kappa shape index (κ1) is 20.4. The van der Waals surface area contributed by atoms with Crippen molar-refractivity contribution in [2.45, 2.75) is 5.75 Å². The molecule has 0 spiro atoms. The van der Waals surface area contributed by atoms with Crippen LogP contribution < -0.4 is 4.72 Å². The molecule has 8 heteroatoms. The summed E-state index contributed by atoms with van der Waals surface area (Å²) in [4.78, 5) is 7.56. The molecule has 32 heavy (non-hydrogen) atoms. The average molecular weight is 464 g/mol. The normalized spacial score (nSPS) is 11.8. The standard InChI is InChI=1S/C24H18ClN3O3S/c25-19-13-22(26-20-9-5-4-8-17(19)20)23-18-12-16(10-11-21(18)27-24(23)29)28-32(30,31)14-15-6-2-1-3-7-15/h1-13,27-29H,14H2. The van der Waals surface area contributed by atoms with Gasteiger partial charge in [-0.3, -0.25) is 4.72 Å². The van der Waals surface area contributed by atoms with E-state index in [1.165, 1.54) is 0 Å². The van der Waals surface area contributed by atoms with Crippen LogP contribution in [0.1, 0.15) is 5.56 Å². The SMILES string of the molecule is O=S(=O)(Cc1ccccc1)Nc1ccc2[nH]c(O)c(-c3cc(Cl)c4ccccc4n3)c2c1. The molecule has 0 atom stereocenters. The van der Waals surface area contributed by atoms with Gasteiger partial charge in [0.25, 0.3) is 0 Å². The van der Waals surface area contributed by atoms with E-state index in [2.05, 4.69) is 14.7 Å². The maximum atomic E-state index is 12.7. The molecule has 3 N–H and O–H groups in total. The van der Waals surface area contributed by atoms with Crippen molar-refractivity contribution in [3.63, 3.8) is 0 Å². The van der Waals surface area contributed by atoms with Gasteiger partial charge in [-0.1, -0.05) is 60.1 Å². The Kier molecular flexibility index (Phi) is 5.00. The maximum absolute atomic E-state index is 12.7. The van der Waals surface area contributed by atoms with Gasteiger partial charge < -0.3 is 10.1 Å². The number of nitrogens with zero attached hydrogens (tertiary/aromatic N) is 1. The number of hydrogen-bond donors (Lipinski definition) is 3. The van der Waals surface area contributed by atoms with E-state index in [4.69, 9.17) is 11.6 Å². The molecule has 5 aromatic rings. The predicted octanol–water partition coefficient (Wildman–Crippen LogP) is 5.68. The lowest BCUT2D eigenvalue weighted by Crippen LogP contribution is -2.14. The zero-order valence-electron chi connectivity index (χ0n) is 16.7. The van der Waals surface area contributed by atoms with Crippen LogP contribution in [-0.4, -0.2) is 23.5 Å². The van der Waals surface area contributed by atoms with Crippen molar-refractivity contribution in [1.29, 1.82) is 0 Å². The van der Waals surface area contributed by atoms with Crippen LogP contribution in [-0.2, 0) is 15.8 Å². The van der Waals surface area contributed by atoms with Crippen LogP contribution in [0.25, 0.3) is 33.1 Å². The molecule has 0 aliphatic rings. The minimum atomic E-state index is -3.62. The first-order valence-electron chi connectivity index (χ1n) is 9.84. The van der Waals surface area contributed by atoms with E-state index >= 15 is 0 Å². The zero-order chi connectivity index (χ0) is 22.3. The number of nitrogens with one attached hydrogen (secondary N) is 2. The quantitative estimate of drug-likeness (QED) is 0.312. The summed E-state index contributed by atoms with van der Waals surface area (Å²) in [6, 6.07) is 23.2. The van der Waals surface area contributed by atoms with Crippen LogP contribution in [0.2, 0.25) is 5.02 Å². The molecule has 3 aromatic carbocycles. The van der Waals surface area contributed by atoms with Crippen molar-refractivity contribution in [1.82, 2.24) is 9.97 Å². The van der Waals surface area contributed by atoms with Crippen molar-refractivity contribution in [3.8, 4) is 17.1 Å². The summed E-state index contributed by atoms with van der Waals surface area (Å²) in [5.74, 6) is -0.206. The Morgan fingerprint density at radius 2 is 1.69 bits per heavy atom. The molecule has 0 amide bonds. The van der Waals surface area contributed by atoms with Crippen molar-refractivity contribution in [2.75, 3.05) is 4.72 Å². The van der Waals surface area contributed by atoms with Gasteiger partial charge in [-0.25, -0.2) is 13.4 Å². The molecular weight excluding hydrogens is 446 g/mol. The van der Waals surface area contributed by atoms with Gasteiger partial charge in [0.1, 0.15) is 0 Å². The highest BCUT2D eigenvalue weighted by Crippen LogP contribution is 2.39. The van der Waals surface area contributed by atoms with Gasteiger partial charge in [0, 0.05) is 22.0 Å². The fraction of sp³-hybridized carbons (Fsp3) is 0.0417. The smallest absolute Gasteiger partial charge is 0.236 e. The third-order valence-corrected chi connectivity index (χ3v) is 6.75. The highest BCUT2D eigenvalue weighted by molar-refractivity contribution is 7.91. The zero-order valence-corrected chi connectivity index (χ0v) is 18.3. The van der Waals surface area contributed by atoms with Crippen LogP contribution >= 0.6 is 11.6 Å². The summed E-state index contributed by atoms with van der Waals surface area (Å²) in [5, 5.41) is 12.5. The van der Waals surface area contributed by atoms with Crippen molar-refractivity contribution in [2.24, 2.45) is 0 Å². The second-order valence-corrected chi connectivity index (χ2v) is 9.59. The van der Waals surface area contributed by atoms with Crippen molar-refractivity contribution >= 4 is 49.1 Å². The molecule has 0 aliphatic carbocycles. The minimum absolute atomic E-state index is 0.0665. The Morgan fingerprint density at radius 1 is 0.938 bits per heavy atom. The number of benzene rings is 3. The Balaban J connectivity index is 1.56. The molecule has 2 aromatic heterocycles. The number of aromatic hydroxyl groups is 1. The molecule has 0 fully saturated rings. The van der Waals surface area contributed by atoms with E-state index in [0.717, 1.165) is 5.39 Å². The number of aromatic nitrogens is 2.